The van der Waals surface area contributed by atoms with Gasteiger partial charge in [-0.15, -0.1) is 0 Å². The summed E-state index contributed by atoms with van der Waals surface area (Å²) in [5.74, 6) is 0. The molecule has 2 aromatic rings. The summed E-state index contributed by atoms with van der Waals surface area (Å²) in [6.45, 7) is 0. The van der Waals surface area contributed by atoms with Gasteiger partial charge in [-0.2, -0.15) is 0 Å². The molecule has 20 heavy (non-hydrogen) atoms. The van der Waals surface area contributed by atoms with Gasteiger partial charge in [0.05, 0.1) is 11.4 Å². The van der Waals surface area contributed by atoms with E-state index in [1.807, 2.05) is 0 Å². The number of aliphatic imine (C=N–C) groups is 1. The van der Waals surface area contributed by atoms with Crippen LogP contribution in [0.4, 0.5) is 5.69 Å². The Bertz CT molecular complexity index is 648. The van der Waals surface area contributed by atoms with Crippen LogP contribution in [0, 0.1) is 0 Å². The second-order valence-corrected chi connectivity index (χ2v) is 5.99. The van der Waals surface area contributed by atoms with Crippen molar-refractivity contribution in [1.82, 2.24) is 0 Å². The van der Waals surface area contributed by atoms with E-state index in [0.29, 0.717) is 0 Å². The molecular formula is C19H19N. The molecule has 1 nitrogen and oxygen atoms in total. The summed E-state index contributed by atoms with van der Waals surface area (Å²) >= 11 is 0. The third-order valence-electron chi connectivity index (χ3n) is 4.86. The third kappa shape index (κ3) is 1.66. The van der Waals surface area contributed by atoms with Crippen molar-refractivity contribution >= 4 is 11.4 Å². The highest BCUT2D eigenvalue weighted by molar-refractivity contribution is 6.12. The van der Waals surface area contributed by atoms with Gasteiger partial charge in [0.1, 0.15) is 0 Å². The van der Waals surface area contributed by atoms with Crippen molar-refractivity contribution in [3.63, 3.8) is 0 Å². The van der Waals surface area contributed by atoms with Crippen molar-refractivity contribution in [2.24, 2.45) is 4.99 Å². The van der Waals surface area contributed by atoms with Gasteiger partial charge in [-0.25, -0.2) is 0 Å². The molecule has 2 aromatic carbocycles. The second-order valence-electron chi connectivity index (χ2n) is 5.99. The van der Waals surface area contributed by atoms with Crippen LogP contribution >= 0.6 is 0 Å². The maximum absolute atomic E-state index is 5.02. The quantitative estimate of drug-likeness (QED) is 0.683. The Labute approximate surface area is 120 Å². The average Bonchev–Trinajstić information content (AvgIpc) is 2.84. The molecule has 0 amide bonds. The van der Waals surface area contributed by atoms with Crippen LogP contribution in [0.25, 0.3) is 0 Å². The van der Waals surface area contributed by atoms with Crippen LogP contribution < -0.4 is 0 Å². The lowest BCUT2D eigenvalue weighted by Gasteiger charge is -2.36. The third-order valence-corrected chi connectivity index (χ3v) is 4.86. The normalized spacial score (nSPS) is 19.7. The Morgan fingerprint density at radius 1 is 0.750 bits per heavy atom. The van der Waals surface area contributed by atoms with Gasteiger partial charge in [0, 0.05) is 5.41 Å². The van der Waals surface area contributed by atoms with E-state index in [1.54, 1.807) is 0 Å². The average molecular weight is 261 g/mol. The van der Waals surface area contributed by atoms with Crippen LogP contribution in [0.15, 0.2) is 59.6 Å². The smallest absolute Gasteiger partial charge is 0.0675 e. The molecule has 1 heterocycles. The Morgan fingerprint density at radius 2 is 1.45 bits per heavy atom. The molecule has 0 unspecified atom stereocenters. The van der Waals surface area contributed by atoms with Crippen molar-refractivity contribution in [1.29, 1.82) is 0 Å². The number of rotatable bonds is 1. The van der Waals surface area contributed by atoms with Crippen LogP contribution in [0.3, 0.4) is 0 Å². The van der Waals surface area contributed by atoms with Crippen molar-refractivity contribution in [3.8, 4) is 0 Å². The molecule has 0 N–H and O–H groups in total. The summed E-state index contributed by atoms with van der Waals surface area (Å²) in [5.41, 5.74) is 5.42. The van der Waals surface area contributed by atoms with Crippen LogP contribution in [0.2, 0.25) is 0 Å². The lowest BCUT2D eigenvalue weighted by Crippen LogP contribution is -2.36. The maximum atomic E-state index is 5.02. The summed E-state index contributed by atoms with van der Waals surface area (Å²) in [6, 6.07) is 19.5. The van der Waals surface area contributed by atoms with Gasteiger partial charge in [0.15, 0.2) is 0 Å². The van der Waals surface area contributed by atoms with Gasteiger partial charge in [-0.1, -0.05) is 67.8 Å². The molecule has 0 radical (unpaired) electrons. The lowest BCUT2D eigenvalue weighted by atomic mass is 9.66. The summed E-state index contributed by atoms with van der Waals surface area (Å²) in [4.78, 5) is 5.02. The van der Waals surface area contributed by atoms with E-state index >= 15 is 0 Å². The molecule has 2 aliphatic rings. The van der Waals surface area contributed by atoms with Gasteiger partial charge < -0.3 is 0 Å². The molecule has 1 saturated carbocycles. The largest absolute Gasteiger partial charge is 0.252 e. The van der Waals surface area contributed by atoms with E-state index in [0.717, 1.165) is 0 Å². The Kier molecular flexibility index (Phi) is 2.73. The Balaban J connectivity index is 1.90. The molecule has 1 aliphatic heterocycles. The maximum Gasteiger partial charge on any atom is 0.0675 e. The summed E-state index contributed by atoms with van der Waals surface area (Å²) in [7, 11) is 0. The van der Waals surface area contributed by atoms with Gasteiger partial charge in [0.2, 0.25) is 0 Å². The van der Waals surface area contributed by atoms with Crippen LogP contribution in [-0.4, -0.2) is 5.71 Å². The van der Waals surface area contributed by atoms with Crippen molar-refractivity contribution < 1.29 is 0 Å². The molecule has 1 aliphatic carbocycles. The highest BCUT2D eigenvalue weighted by atomic mass is 14.8. The lowest BCUT2D eigenvalue weighted by molar-refractivity contribution is 0.386. The number of para-hydroxylation sites is 1. The van der Waals surface area contributed by atoms with Gasteiger partial charge >= 0.3 is 0 Å². The Morgan fingerprint density at radius 3 is 2.25 bits per heavy atom. The molecule has 100 valence electrons. The van der Waals surface area contributed by atoms with Crippen molar-refractivity contribution in [2.45, 2.75) is 37.5 Å². The zero-order valence-electron chi connectivity index (χ0n) is 11.7. The molecule has 0 bridgehead atoms. The van der Waals surface area contributed by atoms with E-state index in [4.69, 9.17) is 4.99 Å². The highest BCUT2D eigenvalue weighted by Gasteiger charge is 2.44. The van der Waals surface area contributed by atoms with Gasteiger partial charge in [-0.3, -0.25) is 4.99 Å². The molecule has 1 spiro atoms. The summed E-state index contributed by atoms with van der Waals surface area (Å²) in [5, 5.41) is 0. The number of fused-ring (bicyclic) bond motifs is 2. The monoisotopic (exact) mass is 261 g/mol. The topological polar surface area (TPSA) is 12.4 Å². The fourth-order valence-corrected chi connectivity index (χ4v) is 3.93. The SMILES string of the molecule is c1ccc(C2=Nc3ccccc3C23CCCCC3)cc1. The predicted octanol–water partition coefficient (Wildman–Crippen LogP) is 5.02. The summed E-state index contributed by atoms with van der Waals surface area (Å²) < 4.78 is 0. The highest BCUT2D eigenvalue weighted by Crippen LogP contribution is 2.50. The molecule has 0 atom stereocenters. The van der Waals surface area contributed by atoms with E-state index in [1.165, 1.54) is 54.6 Å². The minimum absolute atomic E-state index is 0.177. The zero-order valence-corrected chi connectivity index (χ0v) is 11.7. The first-order chi connectivity index (χ1) is 9.90. The fraction of sp³-hybridized carbons (Fsp3) is 0.316. The van der Waals surface area contributed by atoms with E-state index in [9.17, 15) is 0 Å². The first-order valence-corrected chi connectivity index (χ1v) is 7.64. The minimum Gasteiger partial charge on any atom is -0.252 e. The van der Waals surface area contributed by atoms with Gasteiger partial charge in [0.25, 0.3) is 0 Å². The minimum atomic E-state index is 0.177. The van der Waals surface area contributed by atoms with Gasteiger partial charge in [-0.05, 0) is 30.0 Å². The number of hydrogen-bond donors (Lipinski definition) is 0. The first kappa shape index (κ1) is 11.9. The zero-order chi connectivity index (χ0) is 13.4. The Hall–Kier alpha value is -1.89. The van der Waals surface area contributed by atoms with Crippen molar-refractivity contribution in [2.75, 3.05) is 0 Å². The molecule has 4 rings (SSSR count). The standard InChI is InChI=1S/C19H19N/c1-3-9-15(10-4-1)18-19(13-7-2-8-14-19)16-11-5-6-12-17(16)20-18/h1,3-6,9-12H,2,7-8,13-14H2. The molecular weight excluding hydrogens is 242 g/mol. The van der Waals surface area contributed by atoms with E-state index in [-0.39, 0.29) is 5.41 Å². The second kappa shape index (κ2) is 4.59. The number of nitrogens with zero attached hydrogens (tertiary/aromatic N) is 1. The number of hydrogen-bond acceptors (Lipinski definition) is 1. The summed E-state index contributed by atoms with van der Waals surface area (Å²) in [6.07, 6.45) is 6.50. The fourth-order valence-electron chi connectivity index (χ4n) is 3.93. The first-order valence-electron chi connectivity index (χ1n) is 7.64. The molecule has 1 heteroatoms. The molecule has 0 saturated heterocycles. The predicted molar refractivity (Wildman–Crippen MR) is 83.8 cm³/mol. The van der Waals surface area contributed by atoms with E-state index in [2.05, 4.69) is 54.6 Å². The van der Waals surface area contributed by atoms with Crippen LogP contribution in [0.1, 0.15) is 43.2 Å². The molecule has 0 aromatic heterocycles. The molecule has 1 fully saturated rings. The van der Waals surface area contributed by atoms with Crippen LogP contribution in [0.5, 0.6) is 0 Å². The van der Waals surface area contributed by atoms with Crippen LogP contribution in [-0.2, 0) is 5.41 Å². The number of benzene rings is 2. The van der Waals surface area contributed by atoms with Crippen molar-refractivity contribution in [3.05, 3.63) is 65.7 Å². The van der Waals surface area contributed by atoms with E-state index < -0.39 is 0 Å².